The SMILES string of the molecule is CCc1ncsc1N(C(=O)CC(=O)OC)c1ccccc1CCO[Si](c1ccccc1)(c1ccccc1)C(C)(C)C. The normalized spacial score (nSPS) is 11.7. The van der Waals surface area contributed by atoms with E-state index in [0.29, 0.717) is 19.4 Å². The number of para-hydroxylation sites is 1. The molecule has 8 heteroatoms. The second-order valence-electron chi connectivity index (χ2n) is 10.8. The highest BCUT2D eigenvalue weighted by atomic mass is 32.1. The third-order valence-corrected chi connectivity index (χ3v) is 13.2. The number of thiazole rings is 1. The number of benzene rings is 3. The summed E-state index contributed by atoms with van der Waals surface area (Å²) in [4.78, 5) is 31.8. The van der Waals surface area contributed by atoms with Crippen molar-refractivity contribution in [2.45, 2.75) is 52.0 Å². The average molecular weight is 587 g/mol. The van der Waals surface area contributed by atoms with Gasteiger partial charge in [-0.2, -0.15) is 0 Å². The van der Waals surface area contributed by atoms with Gasteiger partial charge in [0.25, 0.3) is 8.32 Å². The Morgan fingerprint density at radius 2 is 1.49 bits per heavy atom. The average Bonchev–Trinajstić information content (AvgIpc) is 3.44. The van der Waals surface area contributed by atoms with Crippen molar-refractivity contribution in [3.8, 4) is 0 Å². The Morgan fingerprint density at radius 3 is 2.05 bits per heavy atom. The lowest BCUT2D eigenvalue weighted by Gasteiger charge is -2.43. The van der Waals surface area contributed by atoms with Crippen LogP contribution in [-0.4, -0.2) is 38.9 Å². The first-order valence-corrected chi connectivity index (χ1v) is 16.7. The molecule has 1 heterocycles. The molecule has 3 aromatic carbocycles. The molecule has 4 rings (SSSR count). The van der Waals surface area contributed by atoms with Crippen LogP contribution in [0.3, 0.4) is 0 Å². The van der Waals surface area contributed by atoms with Gasteiger partial charge in [-0.1, -0.05) is 107 Å². The summed E-state index contributed by atoms with van der Waals surface area (Å²) in [6.45, 7) is 9.25. The van der Waals surface area contributed by atoms with Crippen molar-refractivity contribution in [3.63, 3.8) is 0 Å². The third-order valence-electron chi connectivity index (χ3n) is 7.27. The largest absolute Gasteiger partial charge is 0.469 e. The fourth-order valence-corrected chi connectivity index (χ4v) is 10.8. The lowest BCUT2D eigenvalue weighted by molar-refractivity contribution is -0.143. The van der Waals surface area contributed by atoms with Crippen molar-refractivity contribution in [2.75, 3.05) is 18.6 Å². The number of carbonyl (C=O) groups excluding carboxylic acids is 2. The van der Waals surface area contributed by atoms with Gasteiger partial charge in [0.1, 0.15) is 11.4 Å². The topological polar surface area (TPSA) is 68.7 Å². The van der Waals surface area contributed by atoms with Gasteiger partial charge in [-0.15, -0.1) is 11.3 Å². The number of rotatable bonds is 11. The van der Waals surface area contributed by atoms with Gasteiger partial charge < -0.3 is 9.16 Å². The Morgan fingerprint density at radius 1 is 0.902 bits per heavy atom. The van der Waals surface area contributed by atoms with E-state index in [4.69, 9.17) is 9.16 Å². The predicted molar refractivity (Wildman–Crippen MR) is 169 cm³/mol. The van der Waals surface area contributed by atoms with Crippen LogP contribution < -0.4 is 15.3 Å². The van der Waals surface area contributed by atoms with Crippen LogP contribution in [0.15, 0.2) is 90.4 Å². The molecular formula is C33H38N2O4SSi. The molecule has 0 N–H and O–H groups in total. The second kappa shape index (κ2) is 13.4. The molecule has 0 saturated carbocycles. The van der Waals surface area contributed by atoms with Crippen LogP contribution in [0.4, 0.5) is 10.7 Å². The number of carbonyl (C=O) groups is 2. The van der Waals surface area contributed by atoms with Crippen molar-refractivity contribution >= 4 is 52.6 Å². The van der Waals surface area contributed by atoms with E-state index in [9.17, 15) is 9.59 Å². The zero-order chi connectivity index (χ0) is 29.5. The maximum Gasteiger partial charge on any atom is 0.315 e. The molecule has 1 aromatic heterocycles. The molecule has 0 aliphatic carbocycles. The number of amides is 1. The molecule has 0 bridgehead atoms. The number of nitrogens with zero attached hydrogens (tertiary/aromatic N) is 2. The molecule has 0 unspecified atom stereocenters. The molecule has 6 nitrogen and oxygen atoms in total. The summed E-state index contributed by atoms with van der Waals surface area (Å²) in [5, 5.41) is 3.02. The van der Waals surface area contributed by atoms with Crippen LogP contribution >= 0.6 is 11.3 Å². The van der Waals surface area contributed by atoms with Gasteiger partial charge >= 0.3 is 5.97 Å². The lowest BCUT2D eigenvalue weighted by Crippen LogP contribution is -2.66. The highest BCUT2D eigenvalue weighted by Gasteiger charge is 2.50. The van der Waals surface area contributed by atoms with Crippen molar-refractivity contribution in [1.29, 1.82) is 0 Å². The summed E-state index contributed by atoms with van der Waals surface area (Å²) in [6, 6.07) is 28.9. The van der Waals surface area contributed by atoms with Gasteiger partial charge in [0.2, 0.25) is 5.91 Å². The number of ether oxygens (including phenoxy) is 1. The fraction of sp³-hybridized carbons (Fsp3) is 0.303. The van der Waals surface area contributed by atoms with E-state index >= 15 is 0 Å². The van der Waals surface area contributed by atoms with Gasteiger partial charge in [0.15, 0.2) is 0 Å². The minimum atomic E-state index is -2.71. The quantitative estimate of drug-likeness (QED) is 0.122. The molecule has 0 spiro atoms. The molecule has 0 radical (unpaired) electrons. The monoisotopic (exact) mass is 586 g/mol. The van der Waals surface area contributed by atoms with E-state index in [1.807, 2.05) is 43.3 Å². The van der Waals surface area contributed by atoms with Crippen LogP contribution in [-0.2, 0) is 31.6 Å². The Bertz CT molecular complexity index is 1410. The zero-order valence-corrected chi connectivity index (χ0v) is 26.2. The summed E-state index contributed by atoms with van der Waals surface area (Å²) >= 11 is 1.39. The van der Waals surface area contributed by atoms with Crippen LogP contribution in [0, 0.1) is 0 Å². The molecule has 0 saturated heterocycles. The fourth-order valence-electron chi connectivity index (χ4n) is 5.34. The number of anilines is 2. The van der Waals surface area contributed by atoms with Crippen LogP contribution in [0.25, 0.3) is 0 Å². The first-order valence-electron chi connectivity index (χ1n) is 13.9. The number of aromatic nitrogens is 1. The van der Waals surface area contributed by atoms with Crippen LogP contribution in [0.1, 0.15) is 45.4 Å². The molecule has 0 aliphatic heterocycles. The summed E-state index contributed by atoms with van der Waals surface area (Å²) < 4.78 is 11.9. The Balaban J connectivity index is 1.72. The number of methoxy groups -OCH3 is 1. The Labute approximate surface area is 248 Å². The summed E-state index contributed by atoms with van der Waals surface area (Å²) in [6.07, 6.45) is 0.896. The first kappa shape index (κ1) is 30.4. The Kier molecular flexibility index (Phi) is 9.91. The van der Waals surface area contributed by atoms with Gasteiger partial charge in [-0.25, -0.2) is 4.98 Å². The molecule has 41 heavy (non-hydrogen) atoms. The van der Waals surface area contributed by atoms with Crippen LogP contribution in [0.2, 0.25) is 5.04 Å². The minimum absolute atomic E-state index is 0.142. The second-order valence-corrected chi connectivity index (χ2v) is 16.0. The van der Waals surface area contributed by atoms with Crippen LogP contribution in [0.5, 0.6) is 0 Å². The number of aryl methyl sites for hydroxylation is 1. The molecule has 214 valence electrons. The van der Waals surface area contributed by atoms with E-state index in [2.05, 4.69) is 74.3 Å². The number of esters is 1. The summed E-state index contributed by atoms with van der Waals surface area (Å²) in [5.74, 6) is -0.925. The first-order chi connectivity index (χ1) is 19.7. The van der Waals surface area contributed by atoms with E-state index < -0.39 is 14.3 Å². The molecule has 0 aliphatic rings. The van der Waals surface area contributed by atoms with Gasteiger partial charge in [-0.05, 0) is 39.9 Å². The number of hydrogen-bond donors (Lipinski definition) is 0. The Hall–Kier alpha value is -3.59. The van der Waals surface area contributed by atoms with Crippen molar-refractivity contribution < 1.29 is 18.8 Å². The highest BCUT2D eigenvalue weighted by molar-refractivity contribution is 7.14. The minimum Gasteiger partial charge on any atom is -0.469 e. The summed E-state index contributed by atoms with van der Waals surface area (Å²) in [5.41, 5.74) is 4.23. The third kappa shape index (κ3) is 6.50. The predicted octanol–water partition coefficient (Wildman–Crippen LogP) is 6.05. The maximum atomic E-state index is 13.5. The lowest BCUT2D eigenvalue weighted by atomic mass is 10.1. The maximum absolute atomic E-state index is 13.5. The van der Waals surface area contributed by atoms with Gasteiger partial charge in [-0.3, -0.25) is 14.5 Å². The van der Waals surface area contributed by atoms with E-state index in [1.54, 1.807) is 10.4 Å². The standard InChI is InChI=1S/C33H38N2O4SSi/c1-6-28-32(40-24-34-28)35(30(36)23-31(37)38-5)29-20-14-13-15-25(29)21-22-39-41(33(2,3)4,26-16-9-7-10-17-26)27-18-11-8-12-19-27/h7-20,24H,6,21-23H2,1-5H3. The number of hydrogen-bond acceptors (Lipinski definition) is 6. The molecule has 1 amide bonds. The van der Waals surface area contributed by atoms with Gasteiger partial charge in [0.05, 0.1) is 24.0 Å². The van der Waals surface area contributed by atoms with E-state index in [-0.39, 0.29) is 17.4 Å². The zero-order valence-electron chi connectivity index (χ0n) is 24.4. The van der Waals surface area contributed by atoms with E-state index in [0.717, 1.165) is 21.9 Å². The summed E-state index contributed by atoms with van der Waals surface area (Å²) in [7, 11) is -1.42. The molecule has 4 aromatic rings. The highest BCUT2D eigenvalue weighted by Crippen LogP contribution is 2.38. The van der Waals surface area contributed by atoms with Crippen molar-refractivity contribution in [3.05, 3.63) is 102 Å². The van der Waals surface area contributed by atoms with Gasteiger partial charge in [0, 0.05) is 6.61 Å². The van der Waals surface area contributed by atoms with Crippen molar-refractivity contribution in [1.82, 2.24) is 4.98 Å². The molecule has 0 fully saturated rings. The van der Waals surface area contributed by atoms with E-state index in [1.165, 1.54) is 28.8 Å². The molecule has 0 atom stereocenters. The molecular weight excluding hydrogens is 549 g/mol. The smallest absolute Gasteiger partial charge is 0.315 e. The van der Waals surface area contributed by atoms with Crippen molar-refractivity contribution in [2.24, 2.45) is 0 Å².